The van der Waals surface area contributed by atoms with Gasteiger partial charge < -0.3 is 14.2 Å². The van der Waals surface area contributed by atoms with Crippen molar-refractivity contribution >= 4 is 17.9 Å². The molecule has 454 valence electrons. The van der Waals surface area contributed by atoms with Crippen LogP contribution in [0.3, 0.4) is 0 Å². The largest absolute Gasteiger partial charge is 0.462 e. The third-order valence-electron chi connectivity index (χ3n) is 14.5. The minimum absolute atomic E-state index is 0.0914. The van der Waals surface area contributed by atoms with Gasteiger partial charge in [0, 0.05) is 19.3 Å². The van der Waals surface area contributed by atoms with Gasteiger partial charge in [-0.15, -0.1) is 0 Å². The van der Waals surface area contributed by atoms with Crippen LogP contribution in [-0.2, 0) is 28.6 Å². The van der Waals surface area contributed by atoms with Crippen molar-refractivity contribution in [2.45, 2.75) is 335 Å². The number of esters is 3. The van der Waals surface area contributed by atoms with E-state index in [2.05, 4.69) is 118 Å². The van der Waals surface area contributed by atoms with Crippen LogP contribution in [0, 0.1) is 0 Å². The summed E-state index contributed by atoms with van der Waals surface area (Å²) < 4.78 is 16.9. The highest BCUT2D eigenvalue weighted by atomic mass is 16.6. The van der Waals surface area contributed by atoms with Gasteiger partial charge in [0.15, 0.2) is 6.10 Å². The molecule has 0 fully saturated rings. The number of carbonyl (C=O) groups excluding carboxylic acids is 3. The normalized spacial score (nSPS) is 12.7. The Bertz CT molecular complexity index is 1540. The van der Waals surface area contributed by atoms with Gasteiger partial charge in [-0.1, -0.05) is 285 Å². The molecular weight excluding hydrogens is 973 g/mol. The molecule has 1 unspecified atom stereocenters. The summed E-state index contributed by atoms with van der Waals surface area (Å²) in [7, 11) is 0. The van der Waals surface area contributed by atoms with Gasteiger partial charge in [-0.05, 0) is 122 Å². The lowest BCUT2D eigenvalue weighted by Gasteiger charge is -2.18. The van der Waals surface area contributed by atoms with Crippen molar-refractivity contribution in [3.05, 3.63) is 97.2 Å². The van der Waals surface area contributed by atoms with Crippen molar-refractivity contribution in [1.82, 2.24) is 0 Å². The van der Waals surface area contributed by atoms with E-state index in [1.54, 1.807) is 0 Å². The van der Waals surface area contributed by atoms with Crippen LogP contribution < -0.4 is 0 Å². The fourth-order valence-electron chi connectivity index (χ4n) is 9.50. The molecule has 0 aromatic carbocycles. The highest BCUT2D eigenvalue weighted by Crippen LogP contribution is 2.16. The number of ether oxygens (including phenoxy) is 3. The standard InChI is InChI=1S/C73H126O6/c1-4-7-10-13-16-19-22-25-27-29-31-33-34-35-36-37-38-40-41-43-45-48-51-54-57-60-63-66-72(75)78-69-70(68-77-71(74)65-62-59-56-53-50-47-24-21-18-15-12-9-6-3)79-73(76)67-64-61-58-55-52-49-46-44-42-39-32-30-28-26-23-20-17-14-11-8-5-2/h9,12,18,21-23,25-26,29-32,42,44,47,50,70H,4-8,10-11,13-17,19-20,24,27-28,33-41,43,45-46,48-49,51-69H2,1-3H3/b12-9-,21-18-,25-22-,26-23-,31-29-,32-30-,44-42-,50-47-. The fraction of sp³-hybridized carbons (Fsp3) is 0.740. The van der Waals surface area contributed by atoms with Gasteiger partial charge in [0.1, 0.15) is 13.2 Å². The summed E-state index contributed by atoms with van der Waals surface area (Å²) >= 11 is 0. The Hall–Kier alpha value is -3.67. The Kier molecular flexibility index (Phi) is 63.7. The molecule has 0 aromatic rings. The van der Waals surface area contributed by atoms with Crippen LogP contribution >= 0.6 is 0 Å². The Morgan fingerprint density at radius 3 is 0.785 bits per heavy atom. The Labute approximate surface area is 489 Å². The lowest BCUT2D eigenvalue weighted by molar-refractivity contribution is -0.167. The molecule has 0 aromatic heterocycles. The second kappa shape index (κ2) is 66.8. The highest BCUT2D eigenvalue weighted by molar-refractivity contribution is 5.71. The van der Waals surface area contributed by atoms with E-state index < -0.39 is 6.10 Å². The van der Waals surface area contributed by atoms with Gasteiger partial charge >= 0.3 is 17.9 Å². The number of hydrogen-bond acceptors (Lipinski definition) is 6. The summed E-state index contributed by atoms with van der Waals surface area (Å²) in [4.78, 5) is 38.3. The summed E-state index contributed by atoms with van der Waals surface area (Å²) in [5.74, 6) is -0.924. The molecule has 0 aliphatic rings. The number of carbonyl (C=O) groups is 3. The van der Waals surface area contributed by atoms with E-state index in [0.717, 1.165) is 116 Å². The SMILES string of the molecule is CC/C=C\C/C=C\C/C=C\CCCCCC(=O)OCC(COC(=O)CCCCCCCCCCCCCCCCC/C=C\C/C=C\CCCCCCC)OC(=O)CCCCCCCC/C=C\C/C=C\C/C=C\CCCCCCC. The maximum Gasteiger partial charge on any atom is 0.306 e. The molecule has 0 rings (SSSR count). The van der Waals surface area contributed by atoms with E-state index in [1.807, 2.05) is 0 Å². The second-order valence-electron chi connectivity index (χ2n) is 22.3. The van der Waals surface area contributed by atoms with Crippen LogP contribution in [0.2, 0.25) is 0 Å². The van der Waals surface area contributed by atoms with Crippen LogP contribution in [0.5, 0.6) is 0 Å². The van der Waals surface area contributed by atoms with Crippen molar-refractivity contribution in [2.75, 3.05) is 13.2 Å². The van der Waals surface area contributed by atoms with E-state index in [9.17, 15) is 14.4 Å². The van der Waals surface area contributed by atoms with Gasteiger partial charge in [0.05, 0.1) is 0 Å². The van der Waals surface area contributed by atoms with Crippen molar-refractivity contribution in [3.8, 4) is 0 Å². The Balaban J connectivity index is 4.31. The van der Waals surface area contributed by atoms with Gasteiger partial charge in [-0.2, -0.15) is 0 Å². The number of hydrogen-bond donors (Lipinski definition) is 0. The molecule has 0 bridgehead atoms. The topological polar surface area (TPSA) is 78.9 Å². The monoisotopic (exact) mass is 1100 g/mol. The molecular formula is C73H126O6. The third kappa shape index (κ3) is 65.0. The van der Waals surface area contributed by atoms with Crippen LogP contribution in [0.15, 0.2) is 97.2 Å². The van der Waals surface area contributed by atoms with Crippen LogP contribution in [0.25, 0.3) is 0 Å². The van der Waals surface area contributed by atoms with Crippen molar-refractivity contribution < 1.29 is 28.6 Å². The zero-order valence-electron chi connectivity index (χ0n) is 52.1. The van der Waals surface area contributed by atoms with Crippen LogP contribution in [-0.4, -0.2) is 37.2 Å². The average Bonchev–Trinajstić information content (AvgIpc) is 3.45. The molecule has 0 aliphatic heterocycles. The summed E-state index contributed by atoms with van der Waals surface area (Å²) in [6.07, 6.45) is 90.0. The van der Waals surface area contributed by atoms with Gasteiger partial charge in [0.25, 0.3) is 0 Å². The number of rotatable bonds is 61. The predicted octanol–water partition coefficient (Wildman–Crippen LogP) is 23.2. The van der Waals surface area contributed by atoms with Gasteiger partial charge in [-0.3, -0.25) is 14.4 Å². The first-order chi connectivity index (χ1) is 39.0. The van der Waals surface area contributed by atoms with Crippen LogP contribution in [0.1, 0.15) is 329 Å². The van der Waals surface area contributed by atoms with Crippen molar-refractivity contribution in [3.63, 3.8) is 0 Å². The molecule has 0 spiro atoms. The van der Waals surface area contributed by atoms with E-state index in [4.69, 9.17) is 14.2 Å². The molecule has 0 amide bonds. The first-order valence-electron chi connectivity index (χ1n) is 33.7. The fourth-order valence-corrected chi connectivity index (χ4v) is 9.50. The molecule has 0 saturated carbocycles. The molecule has 0 aliphatic carbocycles. The molecule has 79 heavy (non-hydrogen) atoms. The minimum atomic E-state index is -0.799. The first kappa shape index (κ1) is 75.3. The zero-order chi connectivity index (χ0) is 57.1. The maximum atomic E-state index is 12.9. The summed E-state index contributed by atoms with van der Waals surface area (Å²) in [5, 5.41) is 0. The lowest BCUT2D eigenvalue weighted by Crippen LogP contribution is -2.30. The molecule has 0 heterocycles. The average molecular weight is 1100 g/mol. The summed E-state index contributed by atoms with van der Waals surface area (Å²) in [6.45, 7) is 6.50. The molecule has 1 atom stereocenters. The van der Waals surface area contributed by atoms with Gasteiger partial charge in [0.2, 0.25) is 0 Å². The minimum Gasteiger partial charge on any atom is -0.462 e. The summed E-state index contributed by atoms with van der Waals surface area (Å²) in [5.41, 5.74) is 0. The first-order valence-corrected chi connectivity index (χ1v) is 33.7. The lowest BCUT2D eigenvalue weighted by atomic mass is 10.0. The van der Waals surface area contributed by atoms with E-state index in [1.165, 1.54) is 173 Å². The second-order valence-corrected chi connectivity index (χ2v) is 22.3. The smallest absolute Gasteiger partial charge is 0.306 e. The quantitative estimate of drug-likeness (QED) is 0.0261. The van der Waals surface area contributed by atoms with Crippen molar-refractivity contribution in [2.24, 2.45) is 0 Å². The Morgan fingerprint density at radius 1 is 0.266 bits per heavy atom. The third-order valence-corrected chi connectivity index (χ3v) is 14.5. The van der Waals surface area contributed by atoms with E-state index in [-0.39, 0.29) is 31.1 Å². The number of unbranched alkanes of at least 4 members (excludes halogenated alkanes) is 34. The van der Waals surface area contributed by atoms with E-state index >= 15 is 0 Å². The zero-order valence-corrected chi connectivity index (χ0v) is 52.1. The number of allylic oxidation sites excluding steroid dienone is 16. The molecule has 0 radical (unpaired) electrons. The summed E-state index contributed by atoms with van der Waals surface area (Å²) in [6, 6.07) is 0. The highest BCUT2D eigenvalue weighted by Gasteiger charge is 2.19. The van der Waals surface area contributed by atoms with Crippen LogP contribution in [0.4, 0.5) is 0 Å². The van der Waals surface area contributed by atoms with Crippen molar-refractivity contribution in [1.29, 1.82) is 0 Å². The maximum absolute atomic E-state index is 12.9. The molecule has 6 nitrogen and oxygen atoms in total. The molecule has 6 heteroatoms. The molecule has 0 saturated heterocycles. The predicted molar refractivity (Wildman–Crippen MR) is 344 cm³/mol. The molecule has 0 N–H and O–H groups in total. The van der Waals surface area contributed by atoms with Gasteiger partial charge in [-0.25, -0.2) is 0 Å². The Morgan fingerprint density at radius 2 is 0.494 bits per heavy atom. The van der Waals surface area contributed by atoms with E-state index in [0.29, 0.717) is 19.3 Å².